The fourth-order valence-electron chi connectivity index (χ4n) is 2.01. The van der Waals surface area contributed by atoms with Gasteiger partial charge in [-0.2, -0.15) is 0 Å². The van der Waals surface area contributed by atoms with Crippen molar-refractivity contribution in [2.75, 3.05) is 23.8 Å². The number of hydrogen-bond acceptors (Lipinski definition) is 5. The lowest BCUT2D eigenvalue weighted by atomic mass is 10.3. The van der Waals surface area contributed by atoms with E-state index >= 15 is 0 Å². The van der Waals surface area contributed by atoms with E-state index in [1.54, 1.807) is 6.20 Å². The molecule has 2 aromatic heterocycles. The van der Waals surface area contributed by atoms with Crippen molar-refractivity contribution in [2.24, 2.45) is 0 Å². The Hall–Kier alpha value is -1.82. The van der Waals surface area contributed by atoms with E-state index in [0.29, 0.717) is 0 Å². The van der Waals surface area contributed by atoms with Gasteiger partial charge in [0.25, 0.3) is 0 Å². The lowest BCUT2D eigenvalue weighted by molar-refractivity contribution is 0.266. The van der Waals surface area contributed by atoms with E-state index in [2.05, 4.69) is 20.6 Å². The molecule has 0 unspecified atom stereocenters. The maximum Gasteiger partial charge on any atom is 0.180 e. The monoisotopic (exact) mass is 247 g/mol. The average molecular weight is 247 g/mol. The Morgan fingerprint density at radius 3 is 3.00 bits per heavy atom. The van der Waals surface area contributed by atoms with Crippen LogP contribution in [0.3, 0.4) is 0 Å². The molecule has 0 bridgehead atoms. The largest absolute Gasteiger partial charge is 0.394 e. The fourth-order valence-corrected chi connectivity index (χ4v) is 2.01. The molecule has 0 aliphatic heterocycles. The molecule has 3 rings (SSSR count). The standard InChI is InChI=1S/C12H17N5O/c1-2-13-9-7-17-6-5-14-11(17)10(15-9)16-12(8-18)3-4-12/h5-7,13,18H,2-4,8H2,1H3,(H,15,16). The molecule has 3 N–H and O–H groups in total. The first-order valence-electron chi connectivity index (χ1n) is 6.23. The van der Waals surface area contributed by atoms with Gasteiger partial charge in [-0.1, -0.05) is 0 Å². The van der Waals surface area contributed by atoms with Gasteiger partial charge in [-0.3, -0.25) is 0 Å². The Morgan fingerprint density at radius 1 is 1.50 bits per heavy atom. The number of fused-ring (bicyclic) bond motifs is 1. The Morgan fingerprint density at radius 2 is 2.33 bits per heavy atom. The van der Waals surface area contributed by atoms with Gasteiger partial charge in [0.2, 0.25) is 0 Å². The van der Waals surface area contributed by atoms with Gasteiger partial charge in [-0.15, -0.1) is 0 Å². The molecule has 1 aliphatic rings. The Labute approximate surface area is 105 Å². The number of aliphatic hydroxyl groups is 1. The number of imidazole rings is 1. The van der Waals surface area contributed by atoms with Crippen molar-refractivity contribution in [3.05, 3.63) is 18.6 Å². The van der Waals surface area contributed by atoms with Gasteiger partial charge in [0.15, 0.2) is 11.5 Å². The van der Waals surface area contributed by atoms with Gasteiger partial charge >= 0.3 is 0 Å². The quantitative estimate of drug-likeness (QED) is 0.737. The van der Waals surface area contributed by atoms with Gasteiger partial charge in [-0.05, 0) is 19.8 Å². The van der Waals surface area contributed by atoms with Crippen LogP contribution >= 0.6 is 0 Å². The number of hydrogen-bond donors (Lipinski definition) is 3. The predicted octanol–water partition coefficient (Wildman–Crippen LogP) is 1.10. The zero-order chi connectivity index (χ0) is 12.6. The SMILES string of the molecule is CCNc1cn2ccnc2c(NC2(CO)CC2)n1. The molecule has 2 aromatic rings. The molecule has 1 saturated carbocycles. The van der Waals surface area contributed by atoms with Crippen molar-refractivity contribution in [1.29, 1.82) is 0 Å². The van der Waals surface area contributed by atoms with Crippen molar-refractivity contribution in [1.82, 2.24) is 14.4 Å². The van der Waals surface area contributed by atoms with Gasteiger partial charge in [0.1, 0.15) is 5.82 Å². The van der Waals surface area contributed by atoms with Crippen LogP contribution < -0.4 is 10.6 Å². The van der Waals surface area contributed by atoms with Crippen LogP contribution in [0.1, 0.15) is 19.8 Å². The molecule has 6 heteroatoms. The van der Waals surface area contributed by atoms with E-state index in [9.17, 15) is 5.11 Å². The first-order valence-corrected chi connectivity index (χ1v) is 6.23. The summed E-state index contributed by atoms with van der Waals surface area (Å²) in [5.74, 6) is 1.53. The highest BCUT2D eigenvalue weighted by Gasteiger charge is 2.42. The normalized spacial score (nSPS) is 16.8. The summed E-state index contributed by atoms with van der Waals surface area (Å²) in [6, 6.07) is 0. The van der Waals surface area contributed by atoms with Crippen LogP contribution in [0.2, 0.25) is 0 Å². The topological polar surface area (TPSA) is 74.5 Å². The molecule has 0 spiro atoms. The van der Waals surface area contributed by atoms with E-state index in [4.69, 9.17) is 0 Å². The molecule has 2 heterocycles. The predicted molar refractivity (Wildman–Crippen MR) is 69.8 cm³/mol. The molecule has 1 fully saturated rings. The molecule has 18 heavy (non-hydrogen) atoms. The summed E-state index contributed by atoms with van der Waals surface area (Å²) in [7, 11) is 0. The maximum absolute atomic E-state index is 9.38. The van der Waals surface area contributed by atoms with E-state index < -0.39 is 0 Å². The highest BCUT2D eigenvalue weighted by molar-refractivity contribution is 5.67. The lowest BCUT2D eigenvalue weighted by Gasteiger charge is -2.16. The molecule has 0 atom stereocenters. The van der Waals surface area contributed by atoms with Crippen molar-refractivity contribution in [3.8, 4) is 0 Å². The fraction of sp³-hybridized carbons (Fsp3) is 0.500. The Kier molecular flexibility index (Phi) is 2.59. The highest BCUT2D eigenvalue weighted by atomic mass is 16.3. The van der Waals surface area contributed by atoms with Crippen LogP contribution in [0.4, 0.5) is 11.6 Å². The number of rotatable bonds is 5. The van der Waals surface area contributed by atoms with Crippen LogP contribution in [0.5, 0.6) is 0 Å². The van der Waals surface area contributed by atoms with Crippen molar-refractivity contribution < 1.29 is 5.11 Å². The second-order valence-electron chi connectivity index (χ2n) is 4.73. The van der Waals surface area contributed by atoms with Crippen LogP contribution in [0, 0.1) is 0 Å². The summed E-state index contributed by atoms with van der Waals surface area (Å²) in [5, 5.41) is 15.9. The van der Waals surface area contributed by atoms with E-state index in [-0.39, 0.29) is 12.1 Å². The summed E-state index contributed by atoms with van der Waals surface area (Å²) >= 11 is 0. The van der Waals surface area contributed by atoms with Crippen LogP contribution in [0.15, 0.2) is 18.6 Å². The molecule has 0 aromatic carbocycles. The maximum atomic E-state index is 9.38. The summed E-state index contributed by atoms with van der Waals surface area (Å²) in [6.07, 6.45) is 7.50. The van der Waals surface area contributed by atoms with E-state index in [0.717, 1.165) is 36.7 Å². The van der Waals surface area contributed by atoms with E-state index in [1.807, 2.05) is 23.7 Å². The number of aliphatic hydroxyl groups excluding tert-OH is 1. The van der Waals surface area contributed by atoms with Crippen LogP contribution in [-0.2, 0) is 0 Å². The van der Waals surface area contributed by atoms with Crippen molar-refractivity contribution in [3.63, 3.8) is 0 Å². The summed E-state index contributed by atoms with van der Waals surface area (Å²) in [4.78, 5) is 8.81. The minimum absolute atomic E-state index is 0.132. The minimum atomic E-state index is -0.190. The minimum Gasteiger partial charge on any atom is -0.394 e. The zero-order valence-electron chi connectivity index (χ0n) is 10.3. The van der Waals surface area contributed by atoms with Gasteiger partial charge in [0, 0.05) is 18.9 Å². The number of anilines is 2. The third kappa shape index (κ3) is 1.88. The van der Waals surface area contributed by atoms with Crippen LogP contribution in [-0.4, -0.2) is 38.2 Å². The first kappa shape index (κ1) is 11.3. The highest BCUT2D eigenvalue weighted by Crippen LogP contribution is 2.38. The summed E-state index contributed by atoms with van der Waals surface area (Å²) < 4.78 is 1.93. The van der Waals surface area contributed by atoms with E-state index in [1.165, 1.54) is 0 Å². The average Bonchev–Trinajstić information content (AvgIpc) is 2.97. The van der Waals surface area contributed by atoms with Crippen LogP contribution in [0.25, 0.3) is 5.65 Å². The lowest BCUT2D eigenvalue weighted by Crippen LogP contribution is -2.26. The molecule has 6 nitrogen and oxygen atoms in total. The van der Waals surface area contributed by atoms with Crippen molar-refractivity contribution >= 4 is 17.3 Å². The van der Waals surface area contributed by atoms with Gasteiger partial charge in [-0.25, -0.2) is 9.97 Å². The number of nitrogens with zero attached hydrogens (tertiary/aromatic N) is 3. The van der Waals surface area contributed by atoms with Gasteiger partial charge < -0.3 is 20.1 Å². The molecule has 0 saturated heterocycles. The Balaban J connectivity index is 2.00. The molecular weight excluding hydrogens is 230 g/mol. The molecule has 1 aliphatic carbocycles. The summed E-state index contributed by atoms with van der Waals surface area (Å²) in [6.45, 7) is 2.98. The third-order valence-electron chi connectivity index (χ3n) is 3.27. The van der Waals surface area contributed by atoms with Crippen molar-refractivity contribution in [2.45, 2.75) is 25.3 Å². The second kappa shape index (κ2) is 4.13. The Bertz CT molecular complexity index is 561. The smallest absolute Gasteiger partial charge is 0.180 e. The summed E-state index contributed by atoms with van der Waals surface area (Å²) in [5.41, 5.74) is 0.598. The first-order chi connectivity index (χ1) is 8.76. The molecule has 96 valence electrons. The number of nitrogens with one attached hydrogen (secondary N) is 2. The molecule has 0 amide bonds. The third-order valence-corrected chi connectivity index (χ3v) is 3.27. The van der Waals surface area contributed by atoms with Gasteiger partial charge in [0.05, 0.1) is 18.3 Å². The second-order valence-corrected chi connectivity index (χ2v) is 4.73. The zero-order valence-corrected chi connectivity index (χ0v) is 10.3. The molecule has 0 radical (unpaired) electrons. The number of aromatic nitrogens is 3. The molecular formula is C12H17N5O.